The van der Waals surface area contributed by atoms with E-state index in [2.05, 4.69) is 31.1 Å². The van der Waals surface area contributed by atoms with Gasteiger partial charge in [-0.1, -0.05) is 20.3 Å². The highest BCUT2D eigenvalue weighted by Crippen LogP contribution is 2.13. The molecule has 1 aromatic heterocycles. The molecule has 13 heavy (non-hydrogen) atoms. The fraction of sp³-hybridized carbons (Fsp3) is 0.545. The van der Waals surface area contributed by atoms with Gasteiger partial charge in [-0.3, -0.25) is 4.98 Å². The predicted octanol–water partition coefficient (Wildman–Crippen LogP) is 2.93. The molecular weight excluding hydrogens is 160 g/mol. The van der Waals surface area contributed by atoms with Gasteiger partial charge in [-0.2, -0.15) is 0 Å². The molecule has 0 aliphatic carbocycles. The Labute approximate surface area is 80.4 Å². The topological polar surface area (TPSA) is 24.9 Å². The summed E-state index contributed by atoms with van der Waals surface area (Å²) < 4.78 is 0. The first-order valence-electron chi connectivity index (χ1n) is 4.90. The maximum absolute atomic E-state index is 4.06. The number of nitrogens with one attached hydrogen (secondary N) is 1. The standard InChI is InChI=1S/C11H18N2/c1-4-9(2)10(3)13-11-6-5-7-12-8-11/h5-10,13H,4H2,1-3H3. The van der Waals surface area contributed by atoms with Gasteiger partial charge < -0.3 is 5.32 Å². The monoisotopic (exact) mass is 178 g/mol. The Hall–Kier alpha value is -1.05. The lowest BCUT2D eigenvalue weighted by atomic mass is 10.0. The molecule has 2 unspecified atom stereocenters. The zero-order valence-electron chi connectivity index (χ0n) is 8.62. The SMILES string of the molecule is CCC(C)C(C)Nc1cccnc1. The minimum Gasteiger partial charge on any atom is -0.381 e. The van der Waals surface area contributed by atoms with E-state index in [0.717, 1.165) is 5.69 Å². The van der Waals surface area contributed by atoms with Crippen LogP contribution in [0.15, 0.2) is 24.5 Å². The van der Waals surface area contributed by atoms with Crippen LogP contribution in [0.1, 0.15) is 27.2 Å². The van der Waals surface area contributed by atoms with Gasteiger partial charge in [0.1, 0.15) is 0 Å². The summed E-state index contributed by atoms with van der Waals surface area (Å²) in [6, 6.07) is 4.51. The van der Waals surface area contributed by atoms with E-state index in [4.69, 9.17) is 0 Å². The van der Waals surface area contributed by atoms with Gasteiger partial charge >= 0.3 is 0 Å². The highest BCUT2D eigenvalue weighted by molar-refractivity contribution is 5.40. The van der Waals surface area contributed by atoms with Crippen molar-refractivity contribution in [3.8, 4) is 0 Å². The Morgan fingerprint density at radius 3 is 2.77 bits per heavy atom. The summed E-state index contributed by atoms with van der Waals surface area (Å²) in [5, 5.41) is 3.43. The highest BCUT2D eigenvalue weighted by atomic mass is 14.9. The van der Waals surface area contributed by atoms with Gasteiger partial charge in [-0.05, 0) is 25.0 Å². The van der Waals surface area contributed by atoms with Crippen molar-refractivity contribution in [2.45, 2.75) is 33.2 Å². The molecule has 0 spiro atoms. The Morgan fingerprint density at radius 1 is 1.46 bits per heavy atom. The van der Waals surface area contributed by atoms with Crippen molar-refractivity contribution in [2.75, 3.05) is 5.32 Å². The van der Waals surface area contributed by atoms with Crippen LogP contribution in [-0.2, 0) is 0 Å². The first kappa shape index (κ1) is 10.0. The van der Waals surface area contributed by atoms with Gasteiger partial charge in [0.2, 0.25) is 0 Å². The minimum absolute atomic E-state index is 0.509. The van der Waals surface area contributed by atoms with Crippen LogP contribution in [0.2, 0.25) is 0 Å². The van der Waals surface area contributed by atoms with Crippen LogP contribution in [0.3, 0.4) is 0 Å². The predicted molar refractivity (Wildman–Crippen MR) is 56.8 cm³/mol. The summed E-state index contributed by atoms with van der Waals surface area (Å²) in [5.74, 6) is 0.695. The molecule has 0 fully saturated rings. The molecule has 1 N–H and O–H groups in total. The van der Waals surface area contributed by atoms with Gasteiger partial charge in [-0.25, -0.2) is 0 Å². The van der Waals surface area contributed by atoms with Crippen LogP contribution in [0, 0.1) is 5.92 Å². The van der Waals surface area contributed by atoms with Crippen LogP contribution in [0.5, 0.6) is 0 Å². The van der Waals surface area contributed by atoms with Crippen LogP contribution in [0.25, 0.3) is 0 Å². The van der Waals surface area contributed by atoms with E-state index in [1.807, 2.05) is 18.3 Å². The van der Waals surface area contributed by atoms with Crippen molar-refractivity contribution in [2.24, 2.45) is 5.92 Å². The molecule has 0 saturated carbocycles. The molecule has 2 nitrogen and oxygen atoms in total. The number of pyridine rings is 1. The number of nitrogens with zero attached hydrogens (tertiary/aromatic N) is 1. The largest absolute Gasteiger partial charge is 0.381 e. The Kier molecular flexibility index (Phi) is 3.74. The normalized spacial score (nSPS) is 15.0. The van der Waals surface area contributed by atoms with Crippen molar-refractivity contribution in [3.63, 3.8) is 0 Å². The second kappa shape index (κ2) is 4.85. The van der Waals surface area contributed by atoms with Gasteiger partial charge in [0.15, 0.2) is 0 Å². The second-order valence-corrected chi connectivity index (χ2v) is 3.56. The average Bonchev–Trinajstić information content (AvgIpc) is 2.18. The number of aromatic nitrogens is 1. The lowest BCUT2D eigenvalue weighted by Crippen LogP contribution is -2.23. The zero-order chi connectivity index (χ0) is 9.68. The Morgan fingerprint density at radius 2 is 2.23 bits per heavy atom. The molecule has 0 amide bonds. The maximum atomic E-state index is 4.06. The fourth-order valence-electron chi connectivity index (χ4n) is 1.21. The average molecular weight is 178 g/mol. The van der Waals surface area contributed by atoms with Crippen molar-refractivity contribution in [1.82, 2.24) is 4.98 Å². The summed E-state index contributed by atoms with van der Waals surface area (Å²) in [6.45, 7) is 6.68. The van der Waals surface area contributed by atoms with Crippen LogP contribution < -0.4 is 5.32 Å². The van der Waals surface area contributed by atoms with E-state index in [-0.39, 0.29) is 0 Å². The lowest BCUT2D eigenvalue weighted by molar-refractivity contribution is 0.494. The molecule has 0 saturated heterocycles. The smallest absolute Gasteiger partial charge is 0.0528 e. The molecule has 1 heterocycles. The molecule has 0 radical (unpaired) electrons. The summed E-state index contributed by atoms with van der Waals surface area (Å²) in [4.78, 5) is 4.06. The molecule has 72 valence electrons. The van der Waals surface area contributed by atoms with Gasteiger partial charge in [0, 0.05) is 18.4 Å². The molecule has 1 rings (SSSR count). The minimum atomic E-state index is 0.509. The highest BCUT2D eigenvalue weighted by Gasteiger charge is 2.08. The summed E-state index contributed by atoms with van der Waals surface area (Å²) >= 11 is 0. The zero-order valence-corrected chi connectivity index (χ0v) is 8.62. The molecule has 1 aromatic rings. The van der Waals surface area contributed by atoms with E-state index in [1.165, 1.54) is 6.42 Å². The van der Waals surface area contributed by atoms with E-state index >= 15 is 0 Å². The fourth-order valence-corrected chi connectivity index (χ4v) is 1.21. The Balaban J connectivity index is 2.50. The molecule has 0 aliphatic heterocycles. The summed E-state index contributed by atoms with van der Waals surface area (Å²) in [6.07, 6.45) is 4.85. The quantitative estimate of drug-likeness (QED) is 0.766. The number of anilines is 1. The maximum Gasteiger partial charge on any atom is 0.0528 e. The summed E-state index contributed by atoms with van der Waals surface area (Å²) in [5.41, 5.74) is 1.11. The Bertz CT molecular complexity index is 233. The molecule has 0 aromatic carbocycles. The molecule has 2 heteroatoms. The third kappa shape index (κ3) is 3.05. The first-order chi connectivity index (χ1) is 6.24. The number of hydrogen-bond acceptors (Lipinski definition) is 2. The molecule has 0 bridgehead atoms. The lowest BCUT2D eigenvalue weighted by Gasteiger charge is -2.20. The van der Waals surface area contributed by atoms with Gasteiger partial charge in [0.25, 0.3) is 0 Å². The molecule has 2 atom stereocenters. The van der Waals surface area contributed by atoms with Gasteiger partial charge in [-0.15, -0.1) is 0 Å². The van der Waals surface area contributed by atoms with E-state index in [1.54, 1.807) is 6.20 Å². The van der Waals surface area contributed by atoms with E-state index in [9.17, 15) is 0 Å². The van der Waals surface area contributed by atoms with Crippen molar-refractivity contribution in [1.29, 1.82) is 0 Å². The van der Waals surface area contributed by atoms with Crippen LogP contribution >= 0.6 is 0 Å². The summed E-state index contributed by atoms with van der Waals surface area (Å²) in [7, 11) is 0. The van der Waals surface area contributed by atoms with Crippen molar-refractivity contribution in [3.05, 3.63) is 24.5 Å². The third-order valence-corrected chi connectivity index (χ3v) is 2.55. The van der Waals surface area contributed by atoms with Crippen LogP contribution in [-0.4, -0.2) is 11.0 Å². The molecule has 0 aliphatic rings. The van der Waals surface area contributed by atoms with E-state index < -0.39 is 0 Å². The van der Waals surface area contributed by atoms with Crippen molar-refractivity contribution >= 4 is 5.69 Å². The first-order valence-corrected chi connectivity index (χ1v) is 4.90. The number of rotatable bonds is 4. The molecular formula is C11H18N2. The van der Waals surface area contributed by atoms with E-state index in [0.29, 0.717) is 12.0 Å². The number of hydrogen-bond donors (Lipinski definition) is 1. The van der Waals surface area contributed by atoms with Crippen molar-refractivity contribution < 1.29 is 0 Å². The van der Waals surface area contributed by atoms with Gasteiger partial charge in [0.05, 0.1) is 5.69 Å². The second-order valence-electron chi connectivity index (χ2n) is 3.56. The third-order valence-electron chi connectivity index (χ3n) is 2.55. The van der Waals surface area contributed by atoms with Crippen LogP contribution in [0.4, 0.5) is 5.69 Å².